The van der Waals surface area contributed by atoms with Gasteiger partial charge in [0.1, 0.15) is 10.6 Å². The zero-order valence-electron chi connectivity index (χ0n) is 25.4. The number of halogens is 3. The lowest BCUT2D eigenvalue weighted by Crippen LogP contribution is -2.55. The summed E-state index contributed by atoms with van der Waals surface area (Å²) in [6.45, 7) is 3.65. The highest BCUT2D eigenvalue weighted by atomic mass is 32.2. The van der Waals surface area contributed by atoms with Crippen molar-refractivity contribution < 1.29 is 39.5 Å². The van der Waals surface area contributed by atoms with Gasteiger partial charge in [-0.2, -0.15) is 0 Å². The monoisotopic (exact) mass is 687 g/mol. The van der Waals surface area contributed by atoms with Crippen LogP contribution in [0.3, 0.4) is 0 Å². The molecule has 2 atom stereocenters. The second-order valence-electron chi connectivity index (χ2n) is 11.2. The first-order chi connectivity index (χ1) is 22.1. The molecular weight excluding hydrogens is 656 g/mol. The van der Waals surface area contributed by atoms with Gasteiger partial charge in [-0.3, -0.25) is 9.52 Å². The van der Waals surface area contributed by atoms with Crippen LogP contribution in [0, 0.1) is 19.8 Å². The predicted molar refractivity (Wildman–Crippen MR) is 171 cm³/mol. The van der Waals surface area contributed by atoms with Crippen molar-refractivity contribution in [3.05, 3.63) is 114 Å². The maximum atomic E-state index is 13.4. The minimum absolute atomic E-state index is 0.120. The lowest BCUT2D eigenvalue weighted by atomic mass is 9.79. The molecule has 248 valence electrons. The van der Waals surface area contributed by atoms with Gasteiger partial charge in [0.15, 0.2) is 0 Å². The molecule has 0 aromatic heterocycles. The zero-order valence-corrected chi connectivity index (χ0v) is 27.0. The fraction of sp³-hybridized carbons (Fsp3) is 0.242. The van der Waals surface area contributed by atoms with Gasteiger partial charge >= 0.3 is 6.36 Å². The van der Waals surface area contributed by atoms with Crippen molar-refractivity contribution in [2.75, 3.05) is 16.2 Å². The van der Waals surface area contributed by atoms with Crippen LogP contribution in [0.4, 0.5) is 24.5 Å². The summed E-state index contributed by atoms with van der Waals surface area (Å²) in [6.07, 6.45) is -4.58. The Balaban J connectivity index is 1.30. The molecule has 1 heterocycles. The lowest BCUT2D eigenvalue weighted by Gasteiger charge is -2.47. The summed E-state index contributed by atoms with van der Waals surface area (Å²) in [6, 6.07) is 24.6. The molecule has 0 radical (unpaired) electrons. The Morgan fingerprint density at radius 2 is 1.38 bits per heavy atom. The van der Waals surface area contributed by atoms with Gasteiger partial charge in [0.05, 0.1) is 16.9 Å². The Kier molecular flexibility index (Phi) is 9.66. The molecule has 0 spiro atoms. The molecule has 4 aromatic rings. The fourth-order valence-electron chi connectivity index (χ4n) is 5.37. The normalized spacial score (nSPS) is 16.9. The van der Waals surface area contributed by atoms with Crippen LogP contribution in [0.25, 0.3) is 0 Å². The molecule has 0 aliphatic carbocycles. The number of hydrogen-bond donors (Lipinski definition) is 2. The third-order valence-corrected chi connectivity index (χ3v) is 10.6. The van der Waals surface area contributed by atoms with E-state index in [-0.39, 0.29) is 30.2 Å². The Morgan fingerprint density at radius 3 is 2.00 bits per heavy atom. The van der Waals surface area contributed by atoms with Gasteiger partial charge in [-0.1, -0.05) is 59.7 Å². The number of aryl methyl sites for hydroxylation is 2. The maximum absolute atomic E-state index is 13.4. The van der Waals surface area contributed by atoms with E-state index < -0.39 is 49.0 Å². The minimum Gasteiger partial charge on any atom is -0.404 e. The highest BCUT2D eigenvalue weighted by Gasteiger charge is 2.48. The van der Waals surface area contributed by atoms with Crippen LogP contribution in [-0.2, 0) is 24.8 Å². The number of anilines is 2. The van der Waals surface area contributed by atoms with Crippen LogP contribution in [0.15, 0.2) is 107 Å². The van der Waals surface area contributed by atoms with Crippen LogP contribution in [0.1, 0.15) is 35.6 Å². The van der Waals surface area contributed by atoms with Crippen molar-refractivity contribution in [2.45, 2.75) is 48.9 Å². The van der Waals surface area contributed by atoms with E-state index in [1.807, 2.05) is 38.1 Å². The molecule has 0 bridgehead atoms. The second kappa shape index (κ2) is 13.4. The van der Waals surface area contributed by atoms with Crippen LogP contribution < -0.4 is 19.1 Å². The first-order valence-electron chi connectivity index (χ1n) is 14.6. The molecule has 0 unspecified atom stereocenters. The van der Waals surface area contributed by atoms with E-state index >= 15 is 0 Å². The number of hydrogen-bond acceptors (Lipinski definition) is 6. The number of nitrogens with one attached hydrogen (secondary N) is 2. The summed E-state index contributed by atoms with van der Waals surface area (Å²) in [7, 11) is -8.18. The molecule has 4 aromatic carbocycles. The highest BCUT2D eigenvalue weighted by Crippen LogP contribution is 2.46. The number of amides is 1. The summed E-state index contributed by atoms with van der Waals surface area (Å²) >= 11 is 0. The molecule has 14 heteroatoms. The van der Waals surface area contributed by atoms with Gasteiger partial charge in [0.25, 0.3) is 10.0 Å². The Morgan fingerprint density at radius 1 is 0.787 bits per heavy atom. The van der Waals surface area contributed by atoms with Crippen LogP contribution in [0.2, 0.25) is 0 Å². The first kappa shape index (κ1) is 33.9. The van der Waals surface area contributed by atoms with Crippen molar-refractivity contribution in [2.24, 2.45) is 5.92 Å². The van der Waals surface area contributed by atoms with Crippen molar-refractivity contribution in [3.8, 4) is 5.75 Å². The van der Waals surface area contributed by atoms with E-state index in [0.717, 1.165) is 28.8 Å². The Bertz CT molecular complexity index is 1950. The molecule has 1 aliphatic heterocycles. The van der Waals surface area contributed by atoms with E-state index in [1.165, 1.54) is 24.3 Å². The molecule has 0 saturated carbocycles. The number of rotatable bonds is 12. The third kappa shape index (κ3) is 7.95. The number of alkyl halides is 3. The van der Waals surface area contributed by atoms with Gasteiger partial charge in [-0.15, -0.1) is 13.2 Å². The number of carbonyl (C=O) groups excluding carboxylic acids is 1. The van der Waals surface area contributed by atoms with Crippen LogP contribution in [-0.4, -0.2) is 35.6 Å². The number of para-hydroxylation sites is 1. The second-order valence-corrected chi connectivity index (χ2v) is 14.6. The van der Waals surface area contributed by atoms with Gasteiger partial charge in [0, 0.05) is 17.9 Å². The number of sulfonamides is 2. The summed E-state index contributed by atoms with van der Waals surface area (Å²) in [4.78, 5) is 14.5. The van der Waals surface area contributed by atoms with Crippen molar-refractivity contribution >= 4 is 37.3 Å². The maximum Gasteiger partial charge on any atom is 0.573 e. The molecule has 2 N–H and O–H groups in total. The SMILES string of the molecule is Cc1ccc(N2C(=O)[C@H](CCCNS(=O)(=O)c3ccccc3OC(F)(F)F)[C@H]2c2ccc(NS(=O)(=O)c3ccc(C)cc3)cc2)cc1. The van der Waals surface area contributed by atoms with Crippen LogP contribution in [0.5, 0.6) is 5.75 Å². The predicted octanol–water partition coefficient (Wildman–Crippen LogP) is 6.47. The number of β-lactam (4-membered cyclic amide) rings is 1. The number of carbonyl (C=O) groups is 1. The zero-order chi connectivity index (χ0) is 34.0. The molecule has 1 amide bonds. The first-order valence-corrected chi connectivity index (χ1v) is 17.5. The molecule has 5 rings (SSSR count). The van der Waals surface area contributed by atoms with Gasteiger partial charge in [0.2, 0.25) is 15.9 Å². The van der Waals surface area contributed by atoms with E-state index in [2.05, 4.69) is 14.2 Å². The molecule has 1 saturated heterocycles. The fourth-order valence-corrected chi connectivity index (χ4v) is 7.63. The summed E-state index contributed by atoms with van der Waals surface area (Å²) in [5, 5.41) is 0. The molecule has 9 nitrogen and oxygen atoms in total. The minimum atomic E-state index is -5.07. The summed E-state index contributed by atoms with van der Waals surface area (Å²) in [5.41, 5.74) is 3.69. The Hall–Kier alpha value is -4.40. The topological polar surface area (TPSA) is 122 Å². The number of ether oxygens (including phenoxy) is 1. The quantitative estimate of drug-likeness (QED) is 0.130. The van der Waals surface area contributed by atoms with Crippen molar-refractivity contribution in [3.63, 3.8) is 0 Å². The molecular formula is C33H32F3N3O6S2. The summed E-state index contributed by atoms with van der Waals surface area (Å²) < 4.78 is 98.6. The standard InChI is InChI=1S/C33H32F3N3O6S2/c1-22-9-17-26(18-10-22)39-31(24-13-15-25(16-14-24)38-46(41,42)27-19-11-23(2)12-20-27)28(32(39)40)6-5-21-37-47(43,44)30-8-4-3-7-29(30)45-33(34,35)36/h3-4,7-20,28,31,37-38H,5-6,21H2,1-2H3/t28-,31-/m1/s1. The molecule has 1 fully saturated rings. The average Bonchev–Trinajstić information content (AvgIpc) is 3.00. The van der Waals surface area contributed by atoms with E-state index in [9.17, 15) is 34.8 Å². The average molecular weight is 688 g/mol. The third-order valence-electron chi connectivity index (χ3n) is 7.71. The van der Waals surface area contributed by atoms with Crippen molar-refractivity contribution in [1.29, 1.82) is 0 Å². The highest BCUT2D eigenvalue weighted by molar-refractivity contribution is 7.92. The molecule has 1 aliphatic rings. The molecule has 47 heavy (non-hydrogen) atoms. The van der Waals surface area contributed by atoms with Crippen molar-refractivity contribution in [1.82, 2.24) is 4.72 Å². The van der Waals surface area contributed by atoms with E-state index in [1.54, 1.807) is 41.3 Å². The van der Waals surface area contributed by atoms with E-state index in [0.29, 0.717) is 11.4 Å². The number of nitrogens with zero attached hydrogens (tertiary/aromatic N) is 1. The van der Waals surface area contributed by atoms with Gasteiger partial charge in [-0.05, 0) is 80.8 Å². The summed E-state index contributed by atoms with van der Waals surface area (Å²) in [5.74, 6) is -1.55. The lowest BCUT2D eigenvalue weighted by molar-refractivity contribution is -0.275. The van der Waals surface area contributed by atoms with Gasteiger partial charge in [-0.25, -0.2) is 21.6 Å². The number of benzene rings is 4. The largest absolute Gasteiger partial charge is 0.573 e. The van der Waals surface area contributed by atoms with Crippen LogP contribution >= 0.6 is 0 Å². The van der Waals surface area contributed by atoms with Gasteiger partial charge < -0.3 is 9.64 Å². The van der Waals surface area contributed by atoms with E-state index in [4.69, 9.17) is 0 Å². The smallest absolute Gasteiger partial charge is 0.404 e. The Labute approximate surface area is 271 Å².